The number of hydroxylamine groups is 1. The van der Waals surface area contributed by atoms with Crippen LogP contribution in [0.3, 0.4) is 0 Å². The first kappa shape index (κ1) is 29.0. The molecule has 0 atom stereocenters. The molecule has 0 fully saturated rings. The van der Waals surface area contributed by atoms with Gasteiger partial charge in [0.25, 0.3) is 0 Å². The summed E-state index contributed by atoms with van der Waals surface area (Å²) in [6.45, 7) is -1.30. The van der Waals surface area contributed by atoms with Gasteiger partial charge in [-0.2, -0.15) is 5.48 Å². The van der Waals surface area contributed by atoms with E-state index in [-0.39, 0.29) is 26.2 Å². The molecule has 0 heterocycles. The minimum absolute atomic E-state index is 0.0394. The Morgan fingerprint density at radius 3 is 1.46 bits per heavy atom. The van der Waals surface area contributed by atoms with Crippen LogP contribution in [0.2, 0.25) is 0 Å². The molecule has 2 aromatic carbocycles. The Balaban J connectivity index is 1.95. The summed E-state index contributed by atoms with van der Waals surface area (Å²) in [7, 11) is 3.13. The Morgan fingerprint density at radius 1 is 0.703 bits per heavy atom. The van der Waals surface area contributed by atoms with Gasteiger partial charge >= 0.3 is 11.9 Å². The minimum Gasteiger partial charge on any atom is -0.497 e. The van der Waals surface area contributed by atoms with Crippen LogP contribution in [0, 0.1) is 0 Å². The predicted molar refractivity (Wildman–Crippen MR) is 135 cm³/mol. The molecule has 200 valence electrons. The number of rotatable bonds is 16. The van der Waals surface area contributed by atoms with E-state index in [4.69, 9.17) is 9.57 Å². The summed E-state index contributed by atoms with van der Waals surface area (Å²) in [6, 6.07) is 13.2. The SMILES string of the molecule is CNOc1ccc(NC(=O)CN(CCN(CC(=O)O)CC(=O)Nc2ccc(OC)cc2)CC(=O)O)cc1. The molecule has 0 bridgehead atoms. The summed E-state index contributed by atoms with van der Waals surface area (Å²) < 4.78 is 5.07. The molecule has 0 aromatic heterocycles. The number of hydrogen-bond donors (Lipinski definition) is 5. The Kier molecular flexibility index (Phi) is 11.8. The highest BCUT2D eigenvalue weighted by Gasteiger charge is 2.19. The summed E-state index contributed by atoms with van der Waals surface area (Å²) in [4.78, 5) is 55.4. The number of amides is 2. The molecule has 0 saturated heterocycles. The van der Waals surface area contributed by atoms with Crippen molar-refractivity contribution < 1.29 is 39.0 Å². The number of benzene rings is 2. The number of nitrogens with zero attached hydrogens (tertiary/aromatic N) is 2. The van der Waals surface area contributed by atoms with Crippen molar-refractivity contribution in [2.24, 2.45) is 0 Å². The van der Waals surface area contributed by atoms with E-state index in [9.17, 15) is 29.4 Å². The minimum atomic E-state index is -1.15. The zero-order valence-electron chi connectivity index (χ0n) is 20.6. The molecule has 0 spiro atoms. The van der Waals surface area contributed by atoms with E-state index >= 15 is 0 Å². The van der Waals surface area contributed by atoms with Gasteiger partial charge < -0.3 is 30.4 Å². The van der Waals surface area contributed by atoms with Gasteiger partial charge in [-0.1, -0.05) is 0 Å². The van der Waals surface area contributed by atoms with Crippen LogP contribution in [0.15, 0.2) is 48.5 Å². The summed E-state index contributed by atoms with van der Waals surface area (Å²) in [5.74, 6) is -2.03. The second kappa shape index (κ2) is 15.0. The Hall–Kier alpha value is -4.20. The Morgan fingerprint density at radius 2 is 1.11 bits per heavy atom. The molecule has 0 aliphatic carbocycles. The number of aliphatic carboxylic acids is 2. The maximum absolute atomic E-state index is 12.5. The van der Waals surface area contributed by atoms with E-state index in [0.29, 0.717) is 22.9 Å². The van der Waals surface area contributed by atoms with Crippen LogP contribution in [-0.2, 0) is 19.2 Å². The molecular formula is C24H31N5O8. The van der Waals surface area contributed by atoms with E-state index in [1.54, 1.807) is 55.6 Å². The summed E-state index contributed by atoms with van der Waals surface area (Å²) >= 11 is 0. The monoisotopic (exact) mass is 517 g/mol. The summed E-state index contributed by atoms with van der Waals surface area (Å²) in [5, 5.41) is 23.8. The van der Waals surface area contributed by atoms with Gasteiger partial charge in [0.2, 0.25) is 11.8 Å². The molecule has 2 aromatic rings. The summed E-state index contributed by atoms with van der Waals surface area (Å²) in [6.07, 6.45) is 0. The molecule has 0 aliphatic heterocycles. The molecule has 13 heteroatoms. The van der Waals surface area contributed by atoms with Crippen LogP contribution < -0.4 is 25.7 Å². The number of nitrogens with one attached hydrogen (secondary N) is 3. The number of carbonyl (C=O) groups excluding carboxylic acids is 2. The number of hydrogen-bond acceptors (Lipinski definition) is 9. The van der Waals surface area contributed by atoms with Gasteiger partial charge in [-0.3, -0.25) is 29.0 Å². The van der Waals surface area contributed by atoms with Crippen molar-refractivity contribution in [3.63, 3.8) is 0 Å². The molecule has 13 nitrogen and oxygen atoms in total. The van der Waals surface area contributed by atoms with Gasteiger partial charge in [-0.15, -0.1) is 0 Å². The number of carbonyl (C=O) groups is 4. The zero-order valence-corrected chi connectivity index (χ0v) is 20.6. The normalized spacial score (nSPS) is 10.7. The first-order valence-electron chi connectivity index (χ1n) is 11.2. The maximum atomic E-state index is 12.5. The van der Waals surface area contributed by atoms with E-state index < -0.39 is 36.8 Å². The quantitative estimate of drug-likeness (QED) is 0.197. The van der Waals surface area contributed by atoms with Crippen molar-refractivity contribution in [2.75, 3.05) is 64.1 Å². The summed E-state index contributed by atoms with van der Waals surface area (Å²) in [5.41, 5.74) is 3.53. The van der Waals surface area contributed by atoms with Crippen LogP contribution in [-0.4, -0.2) is 97.2 Å². The number of carboxylic acids is 2. The topological polar surface area (TPSA) is 170 Å². The Labute approximate surface area is 213 Å². The van der Waals surface area contributed by atoms with Gasteiger partial charge in [0.15, 0.2) is 0 Å². The number of ether oxygens (including phenoxy) is 1. The third-order valence-corrected chi connectivity index (χ3v) is 4.92. The molecule has 5 N–H and O–H groups in total. The average Bonchev–Trinajstić information content (AvgIpc) is 2.83. The number of methoxy groups -OCH3 is 1. The molecule has 0 radical (unpaired) electrons. The maximum Gasteiger partial charge on any atom is 0.317 e. The van der Waals surface area contributed by atoms with Gasteiger partial charge in [-0.25, -0.2) is 0 Å². The highest BCUT2D eigenvalue weighted by Crippen LogP contribution is 2.16. The fourth-order valence-corrected chi connectivity index (χ4v) is 3.30. The van der Waals surface area contributed by atoms with Crippen LogP contribution in [0.4, 0.5) is 11.4 Å². The van der Waals surface area contributed by atoms with Crippen LogP contribution in [0.5, 0.6) is 11.5 Å². The average molecular weight is 518 g/mol. The zero-order chi connectivity index (χ0) is 27.2. The van der Waals surface area contributed by atoms with Crippen LogP contribution in [0.1, 0.15) is 0 Å². The van der Waals surface area contributed by atoms with E-state index in [0.717, 1.165) is 0 Å². The molecule has 2 rings (SSSR count). The third-order valence-electron chi connectivity index (χ3n) is 4.92. The highest BCUT2D eigenvalue weighted by molar-refractivity contribution is 5.93. The second-order valence-corrected chi connectivity index (χ2v) is 7.86. The Bertz CT molecular complexity index is 1050. The lowest BCUT2D eigenvalue weighted by molar-refractivity contribution is -0.140. The van der Waals surface area contributed by atoms with Crippen molar-refractivity contribution in [1.82, 2.24) is 15.3 Å². The van der Waals surface area contributed by atoms with Gasteiger partial charge in [-0.05, 0) is 48.5 Å². The fourth-order valence-electron chi connectivity index (χ4n) is 3.30. The molecular weight excluding hydrogens is 486 g/mol. The van der Waals surface area contributed by atoms with Crippen molar-refractivity contribution in [1.29, 1.82) is 0 Å². The standard InChI is InChI=1S/C24H31N5O8/c1-25-37-20-9-5-18(6-10-20)27-22(31)14-29(16-24(34)35)12-11-28(15-23(32)33)13-21(30)26-17-3-7-19(36-2)8-4-17/h3-10,25H,11-16H2,1-2H3,(H,26,30)(H,27,31)(H,32,33)(H,34,35). The largest absolute Gasteiger partial charge is 0.497 e. The van der Waals surface area contributed by atoms with E-state index in [2.05, 4.69) is 16.1 Å². The lowest BCUT2D eigenvalue weighted by Crippen LogP contribution is -2.44. The molecule has 0 saturated carbocycles. The lowest BCUT2D eigenvalue weighted by Gasteiger charge is -2.25. The highest BCUT2D eigenvalue weighted by atomic mass is 16.6. The van der Waals surface area contributed by atoms with Gasteiger partial charge in [0.1, 0.15) is 11.5 Å². The van der Waals surface area contributed by atoms with Crippen molar-refractivity contribution in [3.8, 4) is 11.5 Å². The second-order valence-electron chi connectivity index (χ2n) is 7.86. The van der Waals surface area contributed by atoms with Gasteiger partial charge in [0, 0.05) is 31.5 Å². The van der Waals surface area contributed by atoms with Crippen molar-refractivity contribution >= 4 is 35.1 Å². The van der Waals surface area contributed by atoms with Gasteiger partial charge in [0.05, 0.1) is 33.3 Å². The number of carboxylic acid groups (broad SMARTS) is 2. The fraction of sp³-hybridized carbons (Fsp3) is 0.333. The van der Waals surface area contributed by atoms with Crippen molar-refractivity contribution in [2.45, 2.75) is 0 Å². The third kappa shape index (κ3) is 11.4. The van der Waals surface area contributed by atoms with Crippen molar-refractivity contribution in [3.05, 3.63) is 48.5 Å². The van der Waals surface area contributed by atoms with E-state index in [1.165, 1.54) is 16.9 Å². The molecule has 0 unspecified atom stereocenters. The smallest absolute Gasteiger partial charge is 0.317 e. The first-order chi connectivity index (χ1) is 17.7. The van der Waals surface area contributed by atoms with E-state index in [1.807, 2.05) is 0 Å². The first-order valence-corrected chi connectivity index (χ1v) is 11.2. The number of anilines is 2. The molecule has 0 aliphatic rings. The predicted octanol–water partition coefficient (Wildman–Crippen LogP) is 0.559. The van der Waals surface area contributed by atoms with Crippen LogP contribution >= 0.6 is 0 Å². The molecule has 2 amide bonds. The van der Waals surface area contributed by atoms with Crippen LogP contribution in [0.25, 0.3) is 0 Å². The lowest BCUT2D eigenvalue weighted by atomic mass is 10.3. The molecule has 37 heavy (non-hydrogen) atoms.